The smallest absolute Gasteiger partial charge is 0.212 e. The van der Waals surface area contributed by atoms with Gasteiger partial charge in [0.05, 0.1) is 17.9 Å². The average Bonchev–Trinajstić information content (AvgIpc) is 2.67. The van der Waals surface area contributed by atoms with E-state index < -0.39 is 0 Å². The van der Waals surface area contributed by atoms with Gasteiger partial charge >= 0.3 is 0 Å². The quantitative estimate of drug-likeness (QED) is 0.850. The van der Waals surface area contributed by atoms with E-state index in [1.165, 1.54) is 0 Å². The number of ether oxygens (including phenoxy) is 1. The molecule has 112 valence electrons. The lowest BCUT2D eigenvalue weighted by atomic mass is 10.0. The zero-order valence-electron chi connectivity index (χ0n) is 12.1. The van der Waals surface area contributed by atoms with E-state index in [4.69, 9.17) is 16.3 Å². The van der Waals surface area contributed by atoms with Crippen molar-refractivity contribution in [3.05, 3.63) is 58.6 Å². The fourth-order valence-electron chi connectivity index (χ4n) is 2.24. The number of anilines is 1. The van der Waals surface area contributed by atoms with Crippen LogP contribution in [0, 0.1) is 6.92 Å². The molecule has 1 heterocycles. The third-order valence-electron chi connectivity index (χ3n) is 3.40. The first-order chi connectivity index (χ1) is 10.6. The van der Waals surface area contributed by atoms with Gasteiger partial charge in [-0.25, -0.2) is 0 Å². The molecule has 0 radical (unpaired) electrons. The largest absolute Gasteiger partial charge is 0.492 e. The number of nitrogens with zero attached hydrogens (tertiary/aromatic N) is 1. The summed E-state index contributed by atoms with van der Waals surface area (Å²) in [7, 11) is 0. The number of nitrogens with one attached hydrogen (secondary N) is 1. The van der Waals surface area contributed by atoms with Gasteiger partial charge in [0.1, 0.15) is 11.5 Å². The highest BCUT2D eigenvalue weighted by molar-refractivity contribution is 6.46. The number of aryl methyl sites for hydroxylation is 1. The zero-order chi connectivity index (χ0) is 15.5. The standard InChI is InChI=1S/C17H15ClN2O2/c1-11-2-7-16-14(10-11)17(21)15(8-9-22-16)20-19-13-5-3-12(18)4-6-13/h2-7,10,19H,8-9H2,1H3/b20-15-. The molecule has 1 aliphatic rings. The van der Waals surface area contributed by atoms with E-state index in [1.807, 2.05) is 37.3 Å². The van der Waals surface area contributed by atoms with Gasteiger partial charge in [0, 0.05) is 11.4 Å². The maximum atomic E-state index is 12.6. The molecule has 4 nitrogen and oxygen atoms in total. The van der Waals surface area contributed by atoms with Crippen LogP contribution in [0.2, 0.25) is 5.02 Å². The van der Waals surface area contributed by atoms with Gasteiger partial charge in [-0.15, -0.1) is 0 Å². The maximum absolute atomic E-state index is 12.6. The molecule has 0 aromatic heterocycles. The molecule has 0 saturated heterocycles. The van der Waals surface area contributed by atoms with Gasteiger partial charge in [-0.05, 0) is 43.3 Å². The van der Waals surface area contributed by atoms with Gasteiger partial charge in [0.25, 0.3) is 0 Å². The molecule has 0 amide bonds. The zero-order valence-corrected chi connectivity index (χ0v) is 12.9. The van der Waals surface area contributed by atoms with Crippen molar-refractivity contribution in [1.82, 2.24) is 0 Å². The fraction of sp³-hybridized carbons (Fsp3) is 0.176. The van der Waals surface area contributed by atoms with E-state index in [9.17, 15) is 4.79 Å². The number of carbonyl (C=O) groups excluding carboxylic acids is 1. The Labute approximate surface area is 133 Å². The van der Waals surface area contributed by atoms with Crippen molar-refractivity contribution in [2.75, 3.05) is 12.0 Å². The predicted octanol–water partition coefficient (Wildman–Crippen LogP) is 4.08. The first-order valence-corrected chi connectivity index (χ1v) is 7.37. The van der Waals surface area contributed by atoms with Crippen LogP contribution in [-0.2, 0) is 0 Å². The molecular weight excluding hydrogens is 300 g/mol. The predicted molar refractivity (Wildman–Crippen MR) is 88.1 cm³/mol. The van der Waals surface area contributed by atoms with Crippen molar-refractivity contribution in [3.63, 3.8) is 0 Å². The fourth-order valence-corrected chi connectivity index (χ4v) is 2.36. The molecular formula is C17H15ClN2O2. The van der Waals surface area contributed by atoms with Crippen LogP contribution in [-0.4, -0.2) is 18.1 Å². The number of ketones is 1. The number of halogens is 1. The van der Waals surface area contributed by atoms with E-state index in [0.717, 1.165) is 11.3 Å². The van der Waals surface area contributed by atoms with Crippen molar-refractivity contribution in [2.45, 2.75) is 13.3 Å². The highest BCUT2D eigenvalue weighted by Crippen LogP contribution is 2.24. The van der Waals surface area contributed by atoms with E-state index in [2.05, 4.69) is 10.5 Å². The average molecular weight is 315 g/mol. The van der Waals surface area contributed by atoms with Crippen LogP contribution in [0.15, 0.2) is 47.6 Å². The van der Waals surface area contributed by atoms with Gasteiger partial charge in [0.15, 0.2) is 0 Å². The summed E-state index contributed by atoms with van der Waals surface area (Å²) in [6.07, 6.45) is 0.465. The van der Waals surface area contributed by atoms with Crippen LogP contribution in [0.3, 0.4) is 0 Å². The lowest BCUT2D eigenvalue weighted by Crippen LogP contribution is -2.15. The molecule has 0 atom stereocenters. The summed E-state index contributed by atoms with van der Waals surface area (Å²) in [6.45, 7) is 2.38. The number of Topliss-reactive ketones (excluding diaryl/α,β-unsaturated/α-hetero) is 1. The normalized spacial score (nSPS) is 15.9. The molecule has 1 aliphatic heterocycles. The molecule has 2 aromatic rings. The molecule has 0 aliphatic carbocycles. The van der Waals surface area contributed by atoms with Gasteiger partial charge in [-0.3, -0.25) is 10.2 Å². The van der Waals surface area contributed by atoms with E-state index >= 15 is 0 Å². The molecule has 0 spiro atoms. The summed E-state index contributed by atoms with van der Waals surface area (Å²) in [4.78, 5) is 12.6. The maximum Gasteiger partial charge on any atom is 0.212 e. The number of fused-ring (bicyclic) bond motifs is 1. The van der Waals surface area contributed by atoms with Crippen LogP contribution in [0.4, 0.5) is 5.69 Å². The highest BCUT2D eigenvalue weighted by atomic mass is 35.5. The van der Waals surface area contributed by atoms with Crippen LogP contribution < -0.4 is 10.2 Å². The second kappa shape index (κ2) is 6.20. The third kappa shape index (κ3) is 3.12. The minimum Gasteiger partial charge on any atom is -0.492 e. The lowest BCUT2D eigenvalue weighted by Gasteiger charge is -2.06. The van der Waals surface area contributed by atoms with Crippen LogP contribution in [0.1, 0.15) is 22.3 Å². The molecule has 0 unspecified atom stereocenters. The summed E-state index contributed by atoms with van der Waals surface area (Å²) >= 11 is 5.84. The number of benzene rings is 2. The monoisotopic (exact) mass is 314 g/mol. The Morgan fingerprint density at radius 2 is 1.95 bits per heavy atom. The van der Waals surface area contributed by atoms with Crippen LogP contribution in [0.5, 0.6) is 5.75 Å². The van der Waals surface area contributed by atoms with Crippen molar-refractivity contribution >= 4 is 28.8 Å². The van der Waals surface area contributed by atoms with Gasteiger partial charge < -0.3 is 4.74 Å². The Hall–Kier alpha value is -2.33. The first kappa shape index (κ1) is 14.6. The number of hydrogen-bond donors (Lipinski definition) is 1. The number of rotatable bonds is 2. The number of hydrogen-bond acceptors (Lipinski definition) is 4. The number of carbonyl (C=O) groups is 1. The summed E-state index contributed by atoms with van der Waals surface area (Å²) in [5, 5.41) is 4.90. The van der Waals surface area contributed by atoms with Gasteiger partial charge in [-0.1, -0.05) is 23.2 Å². The molecule has 0 bridgehead atoms. The Morgan fingerprint density at radius 3 is 2.73 bits per heavy atom. The molecule has 1 N–H and O–H groups in total. The topological polar surface area (TPSA) is 50.7 Å². The van der Waals surface area contributed by atoms with Crippen molar-refractivity contribution in [2.24, 2.45) is 5.10 Å². The first-order valence-electron chi connectivity index (χ1n) is 7.00. The number of hydrazone groups is 1. The Kier molecular flexibility index (Phi) is 4.11. The summed E-state index contributed by atoms with van der Waals surface area (Å²) in [5.41, 5.74) is 5.71. The Morgan fingerprint density at radius 1 is 1.18 bits per heavy atom. The molecule has 0 saturated carbocycles. The van der Waals surface area contributed by atoms with Crippen LogP contribution >= 0.6 is 11.6 Å². The van der Waals surface area contributed by atoms with Crippen molar-refractivity contribution < 1.29 is 9.53 Å². The second-order valence-corrected chi connectivity index (χ2v) is 5.54. The summed E-state index contributed by atoms with van der Waals surface area (Å²) in [6, 6.07) is 12.7. The van der Waals surface area contributed by atoms with Gasteiger partial charge in [0.2, 0.25) is 5.78 Å². The molecule has 3 rings (SSSR count). The lowest BCUT2D eigenvalue weighted by molar-refractivity contribution is 0.106. The Bertz CT molecular complexity index is 739. The SMILES string of the molecule is Cc1ccc2c(c1)C(=O)/C(=N\Nc1ccc(Cl)cc1)CCO2. The molecule has 0 fully saturated rings. The molecule has 5 heteroatoms. The minimum absolute atomic E-state index is 0.0994. The second-order valence-electron chi connectivity index (χ2n) is 5.10. The van der Waals surface area contributed by atoms with E-state index in [1.54, 1.807) is 12.1 Å². The Balaban J connectivity index is 1.86. The highest BCUT2D eigenvalue weighted by Gasteiger charge is 2.22. The van der Waals surface area contributed by atoms with E-state index in [-0.39, 0.29) is 5.78 Å². The van der Waals surface area contributed by atoms with Crippen molar-refractivity contribution in [3.8, 4) is 5.75 Å². The minimum atomic E-state index is -0.0994. The van der Waals surface area contributed by atoms with Crippen molar-refractivity contribution in [1.29, 1.82) is 0 Å². The molecule has 22 heavy (non-hydrogen) atoms. The molecule has 2 aromatic carbocycles. The van der Waals surface area contributed by atoms with Gasteiger partial charge in [-0.2, -0.15) is 5.10 Å². The summed E-state index contributed by atoms with van der Waals surface area (Å²) in [5.74, 6) is 0.518. The van der Waals surface area contributed by atoms with Crippen LogP contribution in [0.25, 0.3) is 0 Å². The summed E-state index contributed by atoms with van der Waals surface area (Å²) < 4.78 is 5.62. The van der Waals surface area contributed by atoms with E-state index in [0.29, 0.717) is 35.1 Å². The third-order valence-corrected chi connectivity index (χ3v) is 3.65.